The van der Waals surface area contributed by atoms with Gasteiger partial charge in [0, 0.05) is 0 Å². The maximum absolute atomic E-state index is 13.9. The molecule has 2 saturated carbocycles. The van der Waals surface area contributed by atoms with Crippen LogP contribution in [-0.2, 0) is 0 Å². The highest BCUT2D eigenvalue weighted by molar-refractivity contribution is 4.91. The Balaban J connectivity index is 2.01. The summed E-state index contributed by atoms with van der Waals surface area (Å²) < 4.78 is 54.5. The lowest BCUT2D eigenvalue weighted by atomic mass is 9.68. The largest absolute Gasteiger partial charge is 0.247 e. The molecule has 0 spiro atoms. The van der Waals surface area contributed by atoms with Crippen LogP contribution in [0.15, 0.2) is 0 Å². The van der Waals surface area contributed by atoms with Gasteiger partial charge in [0.2, 0.25) is 0 Å². The molecule has 2 aliphatic carbocycles. The maximum Gasteiger partial charge on any atom is 0.103 e. The van der Waals surface area contributed by atoms with Gasteiger partial charge in [-0.3, -0.25) is 0 Å². The summed E-state index contributed by atoms with van der Waals surface area (Å²) in [6.45, 7) is 1.77. The predicted octanol–water partition coefficient (Wildman–Crippen LogP) is 4.58. The molecule has 106 valence electrons. The predicted molar refractivity (Wildman–Crippen MR) is 63.4 cm³/mol. The fraction of sp³-hybridized carbons (Fsp3) is 1.00. The molecule has 2 rings (SSSR count). The molecule has 0 bridgehead atoms. The molecule has 0 aliphatic heterocycles. The molecule has 6 unspecified atom stereocenters. The molecule has 0 saturated heterocycles. The van der Waals surface area contributed by atoms with E-state index in [-0.39, 0.29) is 44.4 Å². The van der Waals surface area contributed by atoms with Gasteiger partial charge in [0.15, 0.2) is 0 Å². The second-order valence-electron chi connectivity index (χ2n) is 6.04. The minimum Gasteiger partial charge on any atom is -0.247 e. The highest BCUT2D eigenvalue weighted by Crippen LogP contribution is 2.43. The number of hydrogen-bond acceptors (Lipinski definition) is 0. The summed E-state index contributed by atoms with van der Waals surface area (Å²) >= 11 is 0. The smallest absolute Gasteiger partial charge is 0.103 e. The van der Waals surface area contributed by atoms with Crippen molar-refractivity contribution in [3.8, 4) is 0 Å². The van der Waals surface area contributed by atoms with Gasteiger partial charge < -0.3 is 0 Å². The summed E-state index contributed by atoms with van der Waals surface area (Å²) in [5.74, 6) is -1.16. The highest BCUT2D eigenvalue weighted by Gasteiger charge is 2.42. The van der Waals surface area contributed by atoms with Crippen molar-refractivity contribution in [3.63, 3.8) is 0 Å². The van der Waals surface area contributed by atoms with Gasteiger partial charge >= 0.3 is 0 Å². The van der Waals surface area contributed by atoms with Gasteiger partial charge in [-0.1, -0.05) is 6.92 Å². The van der Waals surface area contributed by atoms with Gasteiger partial charge in [0.05, 0.1) is 0 Å². The first-order valence-electron chi connectivity index (χ1n) is 7.05. The molecule has 4 heteroatoms. The first kappa shape index (κ1) is 14.1. The third-order valence-electron chi connectivity index (χ3n) is 4.85. The molecule has 2 aliphatic rings. The first-order valence-corrected chi connectivity index (χ1v) is 7.05. The molecular formula is C14H22F4. The lowest BCUT2D eigenvalue weighted by Gasteiger charge is -2.40. The van der Waals surface area contributed by atoms with Crippen molar-refractivity contribution in [1.29, 1.82) is 0 Å². The summed E-state index contributed by atoms with van der Waals surface area (Å²) in [5.41, 5.74) is 0. The Labute approximate surface area is 106 Å². The number of alkyl halides is 4. The second-order valence-corrected chi connectivity index (χ2v) is 6.04. The topological polar surface area (TPSA) is 0 Å². The van der Waals surface area contributed by atoms with Crippen LogP contribution in [0.1, 0.15) is 45.4 Å². The van der Waals surface area contributed by atoms with E-state index in [0.29, 0.717) is 0 Å². The number of halogens is 4. The van der Waals surface area contributed by atoms with Crippen molar-refractivity contribution in [2.75, 3.05) is 0 Å². The van der Waals surface area contributed by atoms with Crippen molar-refractivity contribution >= 4 is 0 Å². The van der Waals surface area contributed by atoms with E-state index in [1.54, 1.807) is 6.92 Å². The van der Waals surface area contributed by atoms with Crippen molar-refractivity contribution in [2.45, 2.75) is 70.1 Å². The van der Waals surface area contributed by atoms with Crippen LogP contribution < -0.4 is 0 Å². The molecule has 6 atom stereocenters. The number of rotatable bonds is 2. The minimum absolute atomic E-state index is 0.169. The van der Waals surface area contributed by atoms with Crippen molar-refractivity contribution < 1.29 is 17.6 Å². The molecule has 2 fully saturated rings. The van der Waals surface area contributed by atoms with Gasteiger partial charge in [-0.05, 0) is 56.3 Å². The van der Waals surface area contributed by atoms with E-state index in [2.05, 4.69) is 0 Å². The molecule has 0 heterocycles. The van der Waals surface area contributed by atoms with Gasteiger partial charge in [0.1, 0.15) is 24.7 Å². The molecule has 0 nitrogen and oxygen atoms in total. The van der Waals surface area contributed by atoms with Crippen molar-refractivity contribution in [2.24, 2.45) is 17.8 Å². The van der Waals surface area contributed by atoms with Gasteiger partial charge in [-0.25, -0.2) is 17.6 Å². The Morgan fingerprint density at radius 2 is 1.11 bits per heavy atom. The summed E-state index contributed by atoms with van der Waals surface area (Å²) in [6, 6.07) is 0. The van der Waals surface area contributed by atoms with E-state index < -0.39 is 36.5 Å². The summed E-state index contributed by atoms with van der Waals surface area (Å²) in [7, 11) is 0. The van der Waals surface area contributed by atoms with Crippen LogP contribution in [0.5, 0.6) is 0 Å². The summed E-state index contributed by atoms with van der Waals surface area (Å²) in [4.78, 5) is 0. The molecule has 0 aromatic rings. The zero-order valence-electron chi connectivity index (χ0n) is 10.8. The van der Waals surface area contributed by atoms with Crippen LogP contribution in [-0.4, -0.2) is 24.7 Å². The Hall–Kier alpha value is -0.280. The van der Waals surface area contributed by atoms with Crippen LogP contribution in [0.4, 0.5) is 17.6 Å². The van der Waals surface area contributed by atoms with Crippen molar-refractivity contribution in [3.05, 3.63) is 0 Å². The van der Waals surface area contributed by atoms with E-state index in [1.165, 1.54) is 0 Å². The Kier molecular flexibility index (Phi) is 4.54. The summed E-state index contributed by atoms with van der Waals surface area (Å²) in [5, 5.41) is 0. The van der Waals surface area contributed by atoms with E-state index >= 15 is 0 Å². The lowest BCUT2D eigenvalue weighted by Crippen LogP contribution is -2.40. The summed E-state index contributed by atoms with van der Waals surface area (Å²) in [6.07, 6.45) is -2.76. The third kappa shape index (κ3) is 3.00. The fourth-order valence-electron chi connectivity index (χ4n) is 3.64. The van der Waals surface area contributed by atoms with E-state index in [4.69, 9.17) is 0 Å². The van der Waals surface area contributed by atoms with Gasteiger partial charge in [-0.15, -0.1) is 0 Å². The van der Waals surface area contributed by atoms with Gasteiger partial charge in [-0.2, -0.15) is 0 Å². The quantitative estimate of drug-likeness (QED) is 0.642. The van der Waals surface area contributed by atoms with Crippen LogP contribution in [0.25, 0.3) is 0 Å². The normalized spacial score (nSPS) is 47.8. The Morgan fingerprint density at radius 1 is 0.722 bits per heavy atom. The van der Waals surface area contributed by atoms with Crippen LogP contribution in [0, 0.1) is 17.8 Å². The molecule has 0 aromatic carbocycles. The molecule has 0 amide bonds. The average Bonchev–Trinajstić information content (AvgIpc) is 2.34. The Morgan fingerprint density at radius 3 is 1.50 bits per heavy atom. The van der Waals surface area contributed by atoms with E-state index in [1.807, 2.05) is 0 Å². The second kappa shape index (κ2) is 5.79. The molecule has 0 aromatic heterocycles. The average molecular weight is 266 g/mol. The number of hydrogen-bond donors (Lipinski definition) is 0. The first-order chi connectivity index (χ1) is 8.49. The monoisotopic (exact) mass is 266 g/mol. The van der Waals surface area contributed by atoms with Gasteiger partial charge in [0.25, 0.3) is 0 Å². The van der Waals surface area contributed by atoms with E-state index in [9.17, 15) is 17.6 Å². The van der Waals surface area contributed by atoms with Crippen molar-refractivity contribution in [1.82, 2.24) is 0 Å². The van der Waals surface area contributed by atoms with E-state index in [0.717, 1.165) is 0 Å². The standard InChI is InChI=1S/C14H22F4/c1-8(11-6-9(15)2-4-13(11)17)12-7-10(16)3-5-14(12)18/h8-14H,2-7H2,1H3. The molecular weight excluding hydrogens is 244 g/mol. The highest BCUT2D eigenvalue weighted by atomic mass is 19.1. The lowest BCUT2D eigenvalue weighted by molar-refractivity contribution is 0.000420. The van der Waals surface area contributed by atoms with Crippen LogP contribution >= 0.6 is 0 Å². The third-order valence-corrected chi connectivity index (χ3v) is 4.85. The SMILES string of the molecule is CC(C1CC(F)CCC1F)C1CC(F)CCC1F. The Bertz CT molecular complexity index is 245. The molecule has 18 heavy (non-hydrogen) atoms. The fourth-order valence-corrected chi connectivity index (χ4v) is 3.64. The van der Waals surface area contributed by atoms with Crippen LogP contribution in [0.2, 0.25) is 0 Å². The minimum atomic E-state index is -1.06. The maximum atomic E-state index is 13.9. The van der Waals surface area contributed by atoms with Crippen LogP contribution in [0.3, 0.4) is 0 Å². The molecule has 0 N–H and O–H groups in total. The zero-order chi connectivity index (χ0) is 13.3. The zero-order valence-corrected chi connectivity index (χ0v) is 10.8. The molecule has 0 radical (unpaired) electrons.